The molecule has 0 bridgehead atoms. The highest BCUT2D eigenvalue weighted by Gasteiger charge is 2.44. The Morgan fingerprint density at radius 2 is 0.965 bits per heavy atom. The quantitative estimate of drug-likeness (QED) is 0.0264. The summed E-state index contributed by atoms with van der Waals surface area (Å²) in [5.41, 5.74) is 0. The first-order valence-corrected chi connectivity index (χ1v) is 24.4. The molecule has 2 unspecified atom stereocenters. The van der Waals surface area contributed by atoms with Crippen molar-refractivity contribution in [3.05, 3.63) is 12.2 Å². The van der Waals surface area contributed by atoms with Crippen molar-refractivity contribution in [3.8, 4) is 0 Å². The molecule has 1 aliphatic heterocycles. The average molecular weight is 812 g/mol. The molecule has 0 aliphatic carbocycles. The number of carbonyl (C=O) groups is 1. The van der Waals surface area contributed by atoms with Gasteiger partial charge in [0, 0.05) is 6.42 Å². The molecule has 1 aliphatic rings. The van der Waals surface area contributed by atoms with Gasteiger partial charge < -0.3 is 40.3 Å². The molecule has 0 aromatic carbocycles. The van der Waals surface area contributed by atoms with E-state index in [9.17, 15) is 30.3 Å². The van der Waals surface area contributed by atoms with E-state index >= 15 is 0 Å². The summed E-state index contributed by atoms with van der Waals surface area (Å²) >= 11 is 0. The fourth-order valence-corrected chi connectivity index (χ4v) is 7.92. The predicted octanol–water partition coefficient (Wildman–Crippen LogP) is 10.5. The van der Waals surface area contributed by atoms with E-state index in [1.165, 1.54) is 173 Å². The van der Waals surface area contributed by atoms with Crippen LogP contribution in [-0.2, 0) is 14.3 Å². The van der Waals surface area contributed by atoms with Crippen LogP contribution >= 0.6 is 0 Å². The zero-order chi connectivity index (χ0) is 41.6. The maximum atomic E-state index is 13.0. The van der Waals surface area contributed by atoms with Gasteiger partial charge in [0.2, 0.25) is 5.91 Å². The summed E-state index contributed by atoms with van der Waals surface area (Å²) in [5, 5.41) is 54.2. The Labute approximate surface area is 350 Å². The predicted molar refractivity (Wildman–Crippen MR) is 235 cm³/mol. The smallest absolute Gasteiger partial charge is 0.220 e. The number of carbonyl (C=O) groups excluding carboxylic acids is 1. The maximum Gasteiger partial charge on any atom is 0.220 e. The summed E-state index contributed by atoms with van der Waals surface area (Å²) < 4.78 is 11.2. The molecule has 6 N–H and O–H groups in total. The molecular formula is C48H93NO8. The number of hydrogen-bond donors (Lipinski definition) is 6. The fraction of sp³-hybridized carbons (Fsp3) is 0.938. The zero-order valence-electron chi connectivity index (χ0n) is 37.1. The molecule has 1 saturated heterocycles. The number of nitrogens with one attached hydrogen (secondary N) is 1. The minimum Gasteiger partial charge on any atom is -0.394 e. The molecule has 0 radical (unpaired) electrons. The Kier molecular flexibility index (Phi) is 37.0. The Bertz CT molecular complexity index is 904. The maximum absolute atomic E-state index is 13.0. The van der Waals surface area contributed by atoms with Crippen LogP contribution in [0.4, 0.5) is 0 Å². The molecule has 1 amide bonds. The standard InChI is InChI=1S/C48H93NO8/c1-3-5-7-9-11-13-15-17-19-20-21-22-23-24-26-28-30-32-34-36-38-44(52)49-41(40-56-48-47(55)46(54)45(53)43(39-50)57-48)42(51)37-35-33-31-29-27-25-18-16-14-12-10-8-6-4-2/h35,37,41-43,45-48,50-51,53-55H,3-34,36,38-40H2,1-2H3,(H,49,52)/b37-35+/t41-,42+,43-,45-,46?,47?,48-/m0/s1. The van der Waals surface area contributed by atoms with Crippen LogP contribution < -0.4 is 5.32 Å². The second-order valence-corrected chi connectivity index (χ2v) is 17.3. The highest BCUT2D eigenvalue weighted by molar-refractivity contribution is 5.76. The number of aliphatic hydroxyl groups is 5. The van der Waals surface area contributed by atoms with Crippen molar-refractivity contribution in [2.45, 2.75) is 275 Å². The number of amides is 1. The number of aliphatic hydroxyl groups excluding tert-OH is 5. The van der Waals surface area contributed by atoms with E-state index in [2.05, 4.69) is 19.2 Å². The van der Waals surface area contributed by atoms with Gasteiger partial charge in [-0.05, 0) is 19.3 Å². The average Bonchev–Trinajstić information content (AvgIpc) is 3.21. The number of rotatable bonds is 41. The van der Waals surface area contributed by atoms with E-state index < -0.39 is 49.5 Å². The molecule has 1 heterocycles. The van der Waals surface area contributed by atoms with Gasteiger partial charge in [0.05, 0.1) is 25.4 Å². The summed E-state index contributed by atoms with van der Waals surface area (Å²) in [6.07, 6.45) is 38.3. The molecule has 0 aromatic rings. The minimum atomic E-state index is -1.56. The van der Waals surface area contributed by atoms with Crippen LogP contribution in [0, 0.1) is 0 Å². The van der Waals surface area contributed by atoms with Gasteiger partial charge in [0.15, 0.2) is 6.29 Å². The van der Waals surface area contributed by atoms with Crippen LogP contribution in [0.2, 0.25) is 0 Å². The first-order chi connectivity index (χ1) is 27.8. The Balaban J connectivity index is 2.29. The molecule has 1 fully saturated rings. The topological polar surface area (TPSA) is 149 Å². The van der Waals surface area contributed by atoms with Crippen molar-refractivity contribution in [2.24, 2.45) is 0 Å². The van der Waals surface area contributed by atoms with E-state index in [-0.39, 0.29) is 12.5 Å². The summed E-state index contributed by atoms with van der Waals surface area (Å²) in [6, 6.07) is -0.798. The lowest BCUT2D eigenvalue weighted by Crippen LogP contribution is -2.60. The van der Waals surface area contributed by atoms with Crippen LogP contribution in [0.25, 0.3) is 0 Å². The van der Waals surface area contributed by atoms with Crippen LogP contribution in [-0.4, -0.2) is 87.5 Å². The van der Waals surface area contributed by atoms with Crippen molar-refractivity contribution in [3.63, 3.8) is 0 Å². The zero-order valence-corrected chi connectivity index (χ0v) is 37.1. The third-order valence-corrected chi connectivity index (χ3v) is 11.9. The number of allylic oxidation sites excluding steroid dienone is 1. The molecule has 0 spiro atoms. The van der Waals surface area contributed by atoms with Gasteiger partial charge in [-0.2, -0.15) is 0 Å². The highest BCUT2D eigenvalue weighted by Crippen LogP contribution is 2.23. The summed E-state index contributed by atoms with van der Waals surface area (Å²) in [4.78, 5) is 13.0. The van der Waals surface area contributed by atoms with Crippen LogP contribution in [0.5, 0.6) is 0 Å². The van der Waals surface area contributed by atoms with Crippen molar-refractivity contribution in [1.29, 1.82) is 0 Å². The summed E-state index contributed by atoms with van der Waals surface area (Å²) in [7, 11) is 0. The minimum absolute atomic E-state index is 0.173. The third-order valence-electron chi connectivity index (χ3n) is 11.9. The Morgan fingerprint density at radius 3 is 1.37 bits per heavy atom. The number of unbranched alkanes of at least 4 members (excludes halogenated alkanes) is 31. The first-order valence-electron chi connectivity index (χ1n) is 24.4. The Hall–Kier alpha value is -1.07. The van der Waals surface area contributed by atoms with Gasteiger partial charge in [-0.3, -0.25) is 4.79 Å². The van der Waals surface area contributed by atoms with E-state index in [0.717, 1.165) is 38.5 Å². The van der Waals surface area contributed by atoms with Crippen LogP contribution in [0.15, 0.2) is 12.2 Å². The Morgan fingerprint density at radius 1 is 0.579 bits per heavy atom. The van der Waals surface area contributed by atoms with Crippen molar-refractivity contribution in [1.82, 2.24) is 5.32 Å². The van der Waals surface area contributed by atoms with Crippen molar-refractivity contribution >= 4 is 5.91 Å². The second kappa shape index (κ2) is 39.1. The molecule has 338 valence electrons. The molecular weight excluding hydrogens is 719 g/mol. The van der Waals surface area contributed by atoms with Gasteiger partial charge in [0.25, 0.3) is 0 Å². The van der Waals surface area contributed by atoms with Gasteiger partial charge >= 0.3 is 0 Å². The molecule has 0 aromatic heterocycles. The molecule has 9 nitrogen and oxygen atoms in total. The third kappa shape index (κ3) is 29.7. The van der Waals surface area contributed by atoms with Gasteiger partial charge in [-0.25, -0.2) is 0 Å². The van der Waals surface area contributed by atoms with Crippen molar-refractivity contribution in [2.75, 3.05) is 13.2 Å². The first kappa shape index (κ1) is 53.9. The molecule has 1 rings (SSSR count). The van der Waals surface area contributed by atoms with Crippen LogP contribution in [0.1, 0.15) is 232 Å². The van der Waals surface area contributed by atoms with Gasteiger partial charge in [-0.15, -0.1) is 0 Å². The summed E-state index contributed by atoms with van der Waals surface area (Å²) in [6.45, 7) is 3.79. The SMILES string of the molecule is CCCCCCCCCCCCCC/C=C/[C@@H](O)[C@H](CO[C@H]1O[C@@H](CO)[C@H](O)C(O)C1O)NC(=O)CCCCCCCCCCCCCCCCCCCCCC. The second-order valence-electron chi connectivity index (χ2n) is 17.3. The van der Waals surface area contributed by atoms with E-state index in [4.69, 9.17) is 9.47 Å². The monoisotopic (exact) mass is 812 g/mol. The molecule has 7 atom stereocenters. The lowest BCUT2D eigenvalue weighted by molar-refractivity contribution is -0.302. The van der Waals surface area contributed by atoms with Gasteiger partial charge in [-0.1, -0.05) is 219 Å². The van der Waals surface area contributed by atoms with Gasteiger partial charge in [0.1, 0.15) is 24.4 Å². The summed E-state index contributed by atoms with van der Waals surface area (Å²) in [5.74, 6) is -0.173. The fourth-order valence-electron chi connectivity index (χ4n) is 7.92. The number of ether oxygens (including phenoxy) is 2. The van der Waals surface area contributed by atoms with Crippen molar-refractivity contribution < 1.29 is 39.8 Å². The van der Waals surface area contributed by atoms with E-state index in [1.807, 2.05) is 6.08 Å². The highest BCUT2D eigenvalue weighted by atomic mass is 16.7. The number of hydrogen-bond acceptors (Lipinski definition) is 8. The lowest BCUT2D eigenvalue weighted by Gasteiger charge is -2.40. The normalized spacial score (nSPS) is 21.0. The molecule has 57 heavy (non-hydrogen) atoms. The molecule has 0 saturated carbocycles. The lowest BCUT2D eigenvalue weighted by atomic mass is 9.99. The molecule has 9 heteroatoms. The van der Waals surface area contributed by atoms with E-state index in [1.54, 1.807) is 6.08 Å². The van der Waals surface area contributed by atoms with Crippen LogP contribution in [0.3, 0.4) is 0 Å². The van der Waals surface area contributed by atoms with E-state index in [0.29, 0.717) is 6.42 Å². The largest absolute Gasteiger partial charge is 0.394 e.